The highest BCUT2D eigenvalue weighted by Crippen LogP contribution is 2.26. The van der Waals surface area contributed by atoms with E-state index < -0.39 is 23.8 Å². The second-order valence-corrected chi connectivity index (χ2v) is 4.49. The standard InChI is InChI=1S/C13H10N2O4.H3N/c16-10-6-5-9(11(17)14-10)15-12(18)7-3-1-2-4-8(7)13(15)19;/h1-4,9H,5-6H2,(H,14,16,17);1H3. The zero-order valence-corrected chi connectivity index (χ0v) is 10.6. The Morgan fingerprint density at radius 3 is 2.05 bits per heavy atom. The average Bonchev–Trinajstić information content (AvgIpc) is 2.64. The number of amides is 4. The quantitative estimate of drug-likeness (QED) is 0.712. The number of imide groups is 2. The summed E-state index contributed by atoms with van der Waals surface area (Å²) >= 11 is 0. The zero-order chi connectivity index (χ0) is 13.6. The van der Waals surface area contributed by atoms with Gasteiger partial charge in [0.15, 0.2) is 0 Å². The van der Waals surface area contributed by atoms with Gasteiger partial charge in [0.2, 0.25) is 11.8 Å². The van der Waals surface area contributed by atoms with Gasteiger partial charge in [0.25, 0.3) is 11.8 Å². The van der Waals surface area contributed by atoms with E-state index in [0.29, 0.717) is 11.1 Å². The van der Waals surface area contributed by atoms with Crippen molar-refractivity contribution in [2.45, 2.75) is 18.9 Å². The molecule has 0 saturated carbocycles. The number of hydrogen-bond donors (Lipinski definition) is 2. The predicted molar refractivity (Wildman–Crippen MR) is 68.1 cm³/mol. The lowest BCUT2D eigenvalue weighted by molar-refractivity contribution is -0.136. The number of rotatable bonds is 1. The van der Waals surface area contributed by atoms with Gasteiger partial charge in [-0.3, -0.25) is 29.4 Å². The number of hydrogen-bond acceptors (Lipinski definition) is 5. The molecule has 4 amide bonds. The van der Waals surface area contributed by atoms with Crippen LogP contribution in [0.25, 0.3) is 0 Å². The van der Waals surface area contributed by atoms with E-state index >= 15 is 0 Å². The number of piperidine rings is 1. The Morgan fingerprint density at radius 1 is 1.00 bits per heavy atom. The van der Waals surface area contributed by atoms with Gasteiger partial charge in [-0.2, -0.15) is 0 Å². The van der Waals surface area contributed by atoms with Crippen LogP contribution in [0.5, 0.6) is 0 Å². The minimum Gasteiger partial charge on any atom is -0.344 e. The largest absolute Gasteiger partial charge is 0.344 e. The second kappa shape index (κ2) is 4.86. The molecular weight excluding hydrogens is 262 g/mol. The van der Waals surface area contributed by atoms with Gasteiger partial charge >= 0.3 is 0 Å². The van der Waals surface area contributed by atoms with Crippen LogP contribution in [-0.4, -0.2) is 34.6 Å². The van der Waals surface area contributed by atoms with E-state index in [0.717, 1.165) is 4.90 Å². The fourth-order valence-electron chi connectivity index (χ4n) is 2.42. The third-order valence-electron chi connectivity index (χ3n) is 3.35. The van der Waals surface area contributed by atoms with Gasteiger partial charge in [0.1, 0.15) is 6.04 Å². The van der Waals surface area contributed by atoms with E-state index in [-0.39, 0.29) is 24.9 Å². The highest BCUT2D eigenvalue weighted by molar-refractivity contribution is 6.23. The monoisotopic (exact) mass is 275 g/mol. The third kappa shape index (κ3) is 1.88. The summed E-state index contributed by atoms with van der Waals surface area (Å²) in [6.45, 7) is 0. The van der Waals surface area contributed by atoms with Crippen LogP contribution >= 0.6 is 0 Å². The first-order chi connectivity index (χ1) is 9.09. The minimum atomic E-state index is -0.898. The Balaban J connectivity index is 0.00000147. The summed E-state index contributed by atoms with van der Waals surface area (Å²) in [5.74, 6) is -1.92. The van der Waals surface area contributed by atoms with Crippen LogP contribution in [-0.2, 0) is 9.59 Å². The first kappa shape index (κ1) is 13.9. The van der Waals surface area contributed by atoms with Crippen molar-refractivity contribution in [3.63, 3.8) is 0 Å². The van der Waals surface area contributed by atoms with Crippen molar-refractivity contribution in [3.05, 3.63) is 35.4 Å². The SMILES string of the molecule is N.O=C1CCC(N2C(=O)c3ccccc3C2=O)C(=O)N1. The van der Waals surface area contributed by atoms with Crippen molar-refractivity contribution in [2.24, 2.45) is 0 Å². The molecule has 1 unspecified atom stereocenters. The Kier molecular flexibility index (Phi) is 3.37. The molecule has 7 heteroatoms. The molecule has 7 nitrogen and oxygen atoms in total. The van der Waals surface area contributed by atoms with E-state index in [2.05, 4.69) is 5.32 Å². The van der Waals surface area contributed by atoms with Gasteiger partial charge in [-0.05, 0) is 18.6 Å². The molecular formula is C13H13N3O4. The molecule has 0 spiro atoms. The van der Waals surface area contributed by atoms with E-state index in [1.165, 1.54) is 0 Å². The lowest BCUT2D eigenvalue weighted by Crippen LogP contribution is -2.54. The van der Waals surface area contributed by atoms with E-state index in [1.807, 2.05) is 0 Å². The first-order valence-corrected chi connectivity index (χ1v) is 5.90. The van der Waals surface area contributed by atoms with Gasteiger partial charge in [0, 0.05) is 6.42 Å². The number of carbonyl (C=O) groups is 4. The van der Waals surface area contributed by atoms with Crippen LogP contribution in [0.2, 0.25) is 0 Å². The highest BCUT2D eigenvalue weighted by atomic mass is 16.2. The number of nitrogens with one attached hydrogen (secondary N) is 1. The van der Waals surface area contributed by atoms with Crippen LogP contribution in [0.15, 0.2) is 24.3 Å². The number of fused-ring (bicyclic) bond motifs is 1. The van der Waals surface area contributed by atoms with Crippen molar-refractivity contribution in [1.82, 2.24) is 16.4 Å². The summed E-state index contributed by atoms with van der Waals surface area (Å²) in [7, 11) is 0. The maximum atomic E-state index is 12.2. The summed E-state index contributed by atoms with van der Waals surface area (Å²) in [4.78, 5) is 48.1. The van der Waals surface area contributed by atoms with Crippen molar-refractivity contribution >= 4 is 23.6 Å². The summed E-state index contributed by atoms with van der Waals surface area (Å²) in [6.07, 6.45) is 0.306. The molecule has 0 aliphatic carbocycles. The number of benzene rings is 1. The fraction of sp³-hybridized carbons (Fsp3) is 0.231. The normalized spacial score (nSPS) is 21.4. The van der Waals surface area contributed by atoms with Crippen LogP contribution in [0.4, 0.5) is 0 Å². The van der Waals surface area contributed by atoms with Crippen molar-refractivity contribution in [3.8, 4) is 0 Å². The van der Waals surface area contributed by atoms with Crippen LogP contribution in [0, 0.1) is 0 Å². The Labute approximate surface area is 114 Å². The van der Waals surface area contributed by atoms with Crippen molar-refractivity contribution in [1.29, 1.82) is 0 Å². The maximum absolute atomic E-state index is 12.2. The number of nitrogens with zero attached hydrogens (tertiary/aromatic N) is 1. The Hall–Kier alpha value is -2.54. The van der Waals surface area contributed by atoms with Crippen molar-refractivity contribution in [2.75, 3.05) is 0 Å². The molecule has 2 aliphatic heterocycles. The molecule has 2 aliphatic rings. The molecule has 104 valence electrons. The molecule has 1 saturated heterocycles. The van der Waals surface area contributed by atoms with Gasteiger partial charge in [0.05, 0.1) is 11.1 Å². The minimum absolute atomic E-state index is 0. The van der Waals surface area contributed by atoms with Gasteiger partial charge in [-0.1, -0.05) is 12.1 Å². The lowest BCUT2D eigenvalue weighted by atomic mass is 10.0. The number of carbonyl (C=O) groups excluding carboxylic acids is 4. The zero-order valence-electron chi connectivity index (χ0n) is 10.6. The van der Waals surface area contributed by atoms with Crippen molar-refractivity contribution < 1.29 is 19.2 Å². The van der Waals surface area contributed by atoms with E-state index in [9.17, 15) is 19.2 Å². The topological polar surface area (TPSA) is 119 Å². The van der Waals surface area contributed by atoms with Gasteiger partial charge in [-0.15, -0.1) is 0 Å². The third-order valence-corrected chi connectivity index (χ3v) is 3.35. The molecule has 1 fully saturated rings. The lowest BCUT2D eigenvalue weighted by Gasteiger charge is -2.27. The second-order valence-electron chi connectivity index (χ2n) is 4.49. The smallest absolute Gasteiger partial charge is 0.262 e. The molecule has 4 N–H and O–H groups in total. The molecule has 0 radical (unpaired) electrons. The molecule has 2 heterocycles. The van der Waals surface area contributed by atoms with Gasteiger partial charge < -0.3 is 6.15 Å². The summed E-state index contributed by atoms with van der Waals surface area (Å²) in [5, 5.41) is 2.15. The Morgan fingerprint density at radius 2 is 1.55 bits per heavy atom. The first-order valence-electron chi connectivity index (χ1n) is 5.90. The molecule has 3 rings (SSSR count). The average molecular weight is 275 g/mol. The highest BCUT2D eigenvalue weighted by Gasteiger charge is 2.44. The van der Waals surface area contributed by atoms with Gasteiger partial charge in [-0.25, -0.2) is 0 Å². The summed E-state index contributed by atoms with van der Waals surface area (Å²) in [6, 6.07) is 5.55. The van der Waals surface area contributed by atoms with E-state index in [4.69, 9.17) is 0 Å². The summed E-state index contributed by atoms with van der Waals surface area (Å²) in [5.41, 5.74) is 0.606. The van der Waals surface area contributed by atoms with Crippen LogP contribution in [0.1, 0.15) is 33.6 Å². The van der Waals surface area contributed by atoms with E-state index in [1.54, 1.807) is 24.3 Å². The maximum Gasteiger partial charge on any atom is 0.262 e. The molecule has 0 bridgehead atoms. The molecule has 1 aromatic rings. The molecule has 1 aromatic carbocycles. The molecule has 1 atom stereocenters. The fourth-order valence-corrected chi connectivity index (χ4v) is 2.42. The molecule has 20 heavy (non-hydrogen) atoms. The summed E-state index contributed by atoms with van der Waals surface area (Å²) < 4.78 is 0. The van der Waals surface area contributed by atoms with Crippen LogP contribution in [0.3, 0.4) is 0 Å². The predicted octanol–water partition coefficient (Wildman–Crippen LogP) is 0.250. The molecule has 0 aromatic heterocycles. The van der Waals surface area contributed by atoms with Crippen LogP contribution < -0.4 is 11.5 Å². The Bertz CT molecular complexity index is 591.